The zero-order chi connectivity index (χ0) is 16.7. The number of thiophene rings is 1. The van der Waals surface area contributed by atoms with E-state index in [0.717, 1.165) is 29.4 Å². The van der Waals surface area contributed by atoms with E-state index in [1.54, 1.807) is 17.6 Å². The predicted molar refractivity (Wildman–Crippen MR) is 97.5 cm³/mol. The highest BCUT2D eigenvalue weighted by Crippen LogP contribution is 2.30. The van der Waals surface area contributed by atoms with Crippen molar-refractivity contribution in [2.75, 3.05) is 7.05 Å². The molecule has 1 aliphatic rings. The van der Waals surface area contributed by atoms with Crippen molar-refractivity contribution in [3.8, 4) is 0 Å². The SMILES string of the molecule is Cc1ccsc1CN(C)C(=O)Cc1coc2cc3c(cc12)CCC3. The molecule has 0 saturated heterocycles. The molecule has 3 nitrogen and oxygen atoms in total. The number of likely N-dealkylation sites (N-methyl/N-ethyl adjacent to an activating group) is 1. The molecule has 1 aromatic carbocycles. The van der Waals surface area contributed by atoms with Gasteiger partial charge in [-0.2, -0.15) is 0 Å². The Kier molecular flexibility index (Phi) is 3.93. The lowest BCUT2D eigenvalue weighted by Gasteiger charge is -2.16. The van der Waals surface area contributed by atoms with Crippen LogP contribution in [0, 0.1) is 6.92 Å². The van der Waals surface area contributed by atoms with Gasteiger partial charge in [0.05, 0.1) is 19.2 Å². The molecule has 24 heavy (non-hydrogen) atoms. The monoisotopic (exact) mass is 339 g/mol. The second-order valence-corrected chi connectivity index (χ2v) is 7.69. The largest absolute Gasteiger partial charge is 0.464 e. The smallest absolute Gasteiger partial charge is 0.227 e. The van der Waals surface area contributed by atoms with Crippen molar-refractivity contribution in [3.63, 3.8) is 0 Å². The average molecular weight is 339 g/mol. The highest BCUT2D eigenvalue weighted by Gasteiger charge is 2.18. The Balaban J connectivity index is 1.53. The van der Waals surface area contributed by atoms with Crippen molar-refractivity contribution in [3.05, 3.63) is 57.0 Å². The maximum absolute atomic E-state index is 12.6. The van der Waals surface area contributed by atoms with E-state index in [9.17, 15) is 4.79 Å². The van der Waals surface area contributed by atoms with Gasteiger partial charge in [0.2, 0.25) is 5.91 Å². The van der Waals surface area contributed by atoms with Crippen molar-refractivity contribution in [1.29, 1.82) is 0 Å². The average Bonchev–Trinajstić information content (AvgIpc) is 3.27. The molecule has 0 N–H and O–H groups in total. The molecular weight excluding hydrogens is 318 g/mol. The highest BCUT2D eigenvalue weighted by molar-refractivity contribution is 7.10. The molecule has 0 saturated carbocycles. The number of aryl methyl sites for hydroxylation is 3. The first kappa shape index (κ1) is 15.5. The number of hydrogen-bond donors (Lipinski definition) is 0. The van der Waals surface area contributed by atoms with Crippen LogP contribution in [-0.2, 0) is 30.6 Å². The summed E-state index contributed by atoms with van der Waals surface area (Å²) in [6, 6.07) is 6.49. The van der Waals surface area contributed by atoms with Gasteiger partial charge in [-0.1, -0.05) is 0 Å². The maximum atomic E-state index is 12.6. The lowest BCUT2D eigenvalue weighted by molar-refractivity contribution is -0.129. The van der Waals surface area contributed by atoms with E-state index in [0.29, 0.717) is 13.0 Å². The van der Waals surface area contributed by atoms with Gasteiger partial charge >= 0.3 is 0 Å². The van der Waals surface area contributed by atoms with E-state index < -0.39 is 0 Å². The van der Waals surface area contributed by atoms with Crippen molar-refractivity contribution < 1.29 is 9.21 Å². The molecule has 0 unspecified atom stereocenters. The second kappa shape index (κ2) is 6.10. The molecule has 0 fully saturated rings. The number of amides is 1. The fraction of sp³-hybridized carbons (Fsp3) is 0.350. The summed E-state index contributed by atoms with van der Waals surface area (Å²) in [5.41, 5.74) is 5.99. The van der Waals surface area contributed by atoms with Crippen molar-refractivity contribution in [2.24, 2.45) is 0 Å². The summed E-state index contributed by atoms with van der Waals surface area (Å²) >= 11 is 1.71. The van der Waals surface area contributed by atoms with E-state index in [-0.39, 0.29) is 5.91 Å². The first-order valence-corrected chi connectivity index (χ1v) is 9.28. The fourth-order valence-electron chi connectivity index (χ4n) is 3.45. The summed E-state index contributed by atoms with van der Waals surface area (Å²) in [7, 11) is 1.88. The Morgan fingerprint density at radius 3 is 2.83 bits per heavy atom. The van der Waals surface area contributed by atoms with Crippen LogP contribution in [0.2, 0.25) is 0 Å². The molecule has 1 aliphatic carbocycles. The van der Waals surface area contributed by atoms with E-state index in [2.05, 4.69) is 30.5 Å². The van der Waals surface area contributed by atoms with Gasteiger partial charge in [-0.15, -0.1) is 11.3 Å². The molecule has 4 rings (SSSR count). The topological polar surface area (TPSA) is 33.5 Å². The van der Waals surface area contributed by atoms with Crippen molar-refractivity contribution in [2.45, 2.75) is 39.2 Å². The van der Waals surface area contributed by atoms with Crippen LogP contribution in [0.1, 0.15) is 33.6 Å². The second-order valence-electron chi connectivity index (χ2n) is 6.68. The summed E-state index contributed by atoms with van der Waals surface area (Å²) in [4.78, 5) is 15.7. The van der Waals surface area contributed by atoms with Gasteiger partial charge in [0.25, 0.3) is 0 Å². The third kappa shape index (κ3) is 2.75. The molecule has 0 spiro atoms. The molecule has 3 aromatic rings. The Bertz CT molecular complexity index is 906. The first-order valence-electron chi connectivity index (χ1n) is 8.40. The number of rotatable bonds is 4. The van der Waals surface area contributed by atoms with Gasteiger partial charge in [0.1, 0.15) is 5.58 Å². The molecule has 0 aliphatic heterocycles. The number of fused-ring (bicyclic) bond motifs is 2. The molecule has 0 atom stereocenters. The van der Waals surface area contributed by atoms with Gasteiger partial charge in [-0.3, -0.25) is 4.79 Å². The van der Waals surface area contributed by atoms with E-state index in [4.69, 9.17) is 4.42 Å². The fourth-order valence-corrected chi connectivity index (χ4v) is 4.41. The van der Waals surface area contributed by atoms with Crippen LogP contribution in [0.4, 0.5) is 0 Å². The number of hydrogen-bond acceptors (Lipinski definition) is 3. The molecule has 0 bridgehead atoms. The molecule has 0 radical (unpaired) electrons. The summed E-state index contributed by atoms with van der Waals surface area (Å²) in [6.07, 6.45) is 5.65. The van der Waals surface area contributed by atoms with Gasteiger partial charge in [0, 0.05) is 22.9 Å². The van der Waals surface area contributed by atoms with Gasteiger partial charge in [-0.05, 0) is 66.5 Å². The predicted octanol–water partition coefficient (Wildman–Crippen LogP) is 4.49. The number of carbonyl (C=O) groups is 1. The van der Waals surface area contributed by atoms with Crippen LogP contribution < -0.4 is 0 Å². The number of carbonyl (C=O) groups excluding carboxylic acids is 1. The summed E-state index contributed by atoms with van der Waals surface area (Å²) in [6.45, 7) is 2.77. The Morgan fingerprint density at radius 1 is 1.29 bits per heavy atom. The van der Waals surface area contributed by atoms with Crippen molar-refractivity contribution in [1.82, 2.24) is 4.90 Å². The summed E-state index contributed by atoms with van der Waals surface area (Å²) < 4.78 is 5.71. The van der Waals surface area contributed by atoms with E-state index in [1.165, 1.54) is 28.0 Å². The van der Waals surface area contributed by atoms with Crippen LogP contribution in [0.15, 0.2) is 34.3 Å². The molecule has 124 valence electrons. The lowest BCUT2D eigenvalue weighted by Crippen LogP contribution is -2.27. The Morgan fingerprint density at radius 2 is 2.08 bits per heavy atom. The molecule has 4 heteroatoms. The van der Waals surface area contributed by atoms with Gasteiger partial charge < -0.3 is 9.32 Å². The zero-order valence-electron chi connectivity index (χ0n) is 14.1. The summed E-state index contributed by atoms with van der Waals surface area (Å²) in [5.74, 6) is 0.131. The lowest BCUT2D eigenvalue weighted by atomic mass is 10.0. The minimum Gasteiger partial charge on any atom is -0.464 e. The van der Waals surface area contributed by atoms with Crippen LogP contribution >= 0.6 is 11.3 Å². The van der Waals surface area contributed by atoms with Gasteiger partial charge in [-0.25, -0.2) is 0 Å². The third-order valence-electron chi connectivity index (χ3n) is 4.98. The Hall–Kier alpha value is -2.07. The van der Waals surface area contributed by atoms with Gasteiger partial charge in [0.15, 0.2) is 0 Å². The number of nitrogens with zero attached hydrogens (tertiary/aromatic N) is 1. The van der Waals surface area contributed by atoms with Crippen molar-refractivity contribution >= 4 is 28.2 Å². The molecule has 1 amide bonds. The minimum absolute atomic E-state index is 0.131. The highest BCUT2D eigenvalue weighted by atomic mass is 32.1. The quantitative estimate of drug-likeness (QED) is 0.701. The first-order chi connectivity index (χ1) is 11.6. The minimum atomic E-state index is 0.131. The normalized spacial score (nSPS) is 13.4. The number of furan rings is 1. The third-order valence-corrected chi connectivity index (χ3v) is 5.99. The molecular formula is C20H21NO2S. The van der Waals surface area contributed by atoms with Crippen LogP contribution in [0.5, 0.6) is 0 Å². The Labute approximate surface area is 145 Å². The molecule has 2 aromatic heterocycles. The van der Waals surface area contributed by atoms with Crippen LogP contribution in [0.3, 0.4) is 0 Å². The number of benzene rings is 1. The van der Waals surface area contributed by atoms with E-state index >= 15 is 0 Å². The zero-order valence-corrected chi connectivity index (χ0v) is 14.9. The van der Waals surface area contributed by atoms with Crippen LogP contribution in [0.25, 0.3) is 11.0 Å². The molecule has 2 heterocycles. The maximum Gasteiger partial charge on any atom is 0.227 e. The summed E-state index contributed by atoms with van der Waals surface area (Å²) in [5, 5.41) is 3.18. The van der Waals surface area contributed by atoms with Crippen LogP contribution in [-0.4, -0.2) is 17.9 Å². The standard InChI is InChI=1S/C20H21NO2S/c1-13-6-7-24-19(13)11-21(2)20(22)10-16-12-23-18-9-15-5-3-4-14(15)8-17(16)18/h6-9,12H,3-5,10-11H2,1-2H3. The van der Waals surface area contributed by atoms with E-state index in [1.807, 2.05) is 11.9 Å².